The monoisotopic (exact) mass is 329 g/mol. The number of anilines is 1. The molecular formula is C18H23N3OS. The Labute approximate surface area is 141 Å². The number of thiophene rings is 1. The molecule has 0 amide bonds. The highest BCUT2D eigenvalue weighted by atomic mass is 32.1. The summed E-state index contributed by atoms with van der Waals surface area (Å²) in [5.74, 6) is 0.980. The lowest BCUT2D eigenvalue weighted by Crippen LogP contribution is -2.40. The van der Waals surface area contributed by atoms with Gasteiger partial charge < -0.3 is 15.7 Å². The number of benzene rings is 1. The number of phenols is 1. The Morgan fingerprint density at radius 2 is 1.96 bits per heavy atom. The second-order valence-electron chi connectivity index (χ2n) is 5.87. The molecule has 0 bridgehead atoms. The second kappa shape index (κ2) is 8.02. The molecule has 5 heteroatoms. The van der Waals surface area contributed by atoms with E-state index in [4.69, 9.17) is 4.99 Å². The maximum absolute atomic E-state index is 9.97. The first-order valence-electron chi connectivity index (χ1n) is 8.19. The molecule has 122 valence electrons. The van der Waals surface area contributed by atoms with Gasteiger partial charge in [-0.05, 0) is 36.4 Å². The van der Waals surface area contributed by atoms with Gasteiger partial charge in [0, 0.05) is 10.9 Å². The summed E-state index contributed by atoms with van der Waals surface area (Å²) in [6.45, 7) is 0.646. The standard InChI is InChI=1S/C18H23N3OS/c22-17-11-5-4-10-16(17)21-18(19-13-15-9-6-12-23-15)20-14-7-2-1-3-8-14/h4-6,9-12,14,22H,1-3,7-8,13H2,(H2,19,20,21). The summed E-state index contributed by atoms with van der Waals surface area (Å²) in [5, 5.41) is 18.8. The molecule has 1 heterocycles. The van der Waals surface area contributed by atoms with Crippen LogP contribution in [-0.4, -0.2) is 17.1 Å². The van der Waals surface area contributed by atoms with E-state index < -0.39 is 0 Å². The van der Waals surface area contributed by atoms with E-state index in [1.807, 2.05) is 24.3 Å². The first-order valence-corrected chi connectivity index (χ1v) is 9.07. The minimum Gasteiger partial charge on any atom is -0.506 e. The molecule has 1 aliphatic rings. The van der Waals surface area contributed by atoms with Crippen LogP contribution in [0.1, 0.15) is 37.0 Å². The minimum atomic E-state index is 0.238. The summed E-state index contributed by atoms with van der Waals surface area (Å²) in [6.07, 6.45) is 6.23. The van der Waals surface area contributed by atoms with Crippen LogP contribution in [0.15, 0.2) is 46.8 Å². The van der Waals surface area contributed by atoms with Crippen LogP contribution in [0.4, 0.5) is 5.69 Å². The van der Waals surface area contributed by atoms with E-state index in [2.05, 4.69) is 22.1 Å². The molecule has 1 saturated carbocycles. The van der Waals surface area contributed by atoms with Crippen LogP contribution in [0, 0.1) is 0 Å². The van der Waals surface area contributed by atoms with Crippen LogP contribution in [0.2, 0.25) is 0 Å². The number of phenolic OH excluding ortho intramolecular Hbond substituents is 1. The van der Waals surface area contributed by atoms with Crippen molar-refractivity contribution < 1.29 is 5.11 Å². The van der Waals surface area contributed by atoms with Crippen LogP contribution in [-0.2, 0) is 6.54 Å². The molecular weight excluding hydrogens is 306 g/mol. The molecule has 1 fully saturated rings. The fourth-order valence-corrected chi connectivity index (χ4v) is 3.46. The Morgan fingerprint density at radius 1 is 1.13 bits per heavy atom. The predicted molar refractivity (Wildman–Crippen MR) is 97.2 cm³/mol. The van der Waals surface area contributed by atoms with Gasteiger partial charge in [0.05, 0.1) is 12.2 Å². The van der Waals surface area contributed by atoms with Gasteiger partial charge in [-0.15, -0.1) is 11.3 Å². The molecule has 4 nitrogen and oxygen atoms in total. The normalized spacial score (nSPS) is 16.3. The summed E-state index contributed by atoms with van der Waals surface area (Å²) < 4.78 is 0. The van der Waals surface area contributed by atoms with Crippen LogP contribution in [0.25, 0.3) is 0 Å². The molecule has 3 N–H and O–H groups in total. The number of rotatable bonds is 4. The fourth-order valence-electron chi connectivity index (χ4n) is 2.83. The molecule has 1 aromatic heterocycles. The van der Waals surface area contributed by atoms with Gasteiger partial charge in [-0.3, -0.25) is 0 Å². The van der Waals surface area contributed by atoms with E-state index in [0.29, 0.717) is 18.3 Å². The molecule has 0 spiro atoms. The molecule has 2 aromatic rings. The maximum atomic E-state index is 9.97. The van der Waals surface area contributed by atoms with E-state index in [0.717, 1.165) is 5.96 Å². The van der Waals surface area contributed by atoms with Crippen molar-refractivity contribution >= 4 is 23.0 Å². The van der Waals surface area contributed by atoms with Crippen LogP contribution < -0.4 is 10.6 Å². The Kier molecular flexibility index (Phi) is 5.53. The lowest BCUT2D eigenvalue weighted by molar-refractivity contribution is 0.413. The van der Waals surface area contributed by atoms with E-state index in [1.165, 1.54) is 37.0 Å². The van der Waals surface area contributed by atoms with Crippen LogP contribution >= 0.6 is 11.3 Å². The van der Waals surface area contributed by atoms with Gasteiger partial charge in [0.1, 0.15) is 5.75 Å². The highest BCUT2D eigenvalue weighted by Gasteiger charge is 2.15. The number of nitrogens with one attached hydrogen (secondary N) is 2. The van der Waals surface area contributed by atoms with Crippen molar-refractivity contribution in [2.75, 3.05) is 5.32 Å². The number of hydrogen-bond donors (Lipinski definition) is 3. The first kappa shape index (κ1) is 15.9. The Bertz CT molecular complexity index is 633. The van der Waals surface area contributed by atoms with Gasteiger partial charge in [-0.1, -0.05) is 37.5 Å². The van der Waals surface area contributed by atoms with E-state index >= 15 is 0 Å². The highest BCUT2D eigenvalue weighted by Crippen LogP contribution is 2.22. The summed E-state index contributed by atoms with van der Waals surface area (Å²) in [6, 6.07) is 11.9. The molecule has 0 saturated heterocycles. The maximum Gasteiger partial charge on any atom is 0.196 e. The molecule has 23 heavy (non-hydrogen) atoms. The SMILES string of the molecule is Oc1ccccc1NC(=NCc1cccs1)NC1CCCCC1. The van der Waals surface area contributed by atoms with Crippen LogP contribution in [0.3, 0.4) is 0 Å². The summed E-state index contributed by atoms with van der Waals surface area (Å²) in [7, 11) is 0. The quantitative estimate of drug-likeness (QED) is 0.444. The van der Waals surface area contributed by atoms with Gasteiger partial charge in [-0.2, -0.15) is 0 Å². The van der Waals surface area contributed by atoms with Gasteiger partial charge in [-0.25, -0.2) is 4.99 Å². The van der Waals surface area contributed by atoms with Crippen molar-refractivity contribution in [2.45, 2.75) is 44.7 Å². The van der Waals surface area contributed by atoms with Crippen molar-refractivity contribution in [1.29, 1.82) is 0 Å². The van der Waals surface area contributed by atoms with Gasteiger partial charge in [0.15, 0.2) is 5.96 Å². The molecule has 3 rings (SSSR count). The first-order chi connectivity index (χ1) is 11.3. The third-order valence-corrected chi connectivity index (χ3v) is 4.94. The Balaban J connectivity index is 1.71. The summed E-state index contributed by atoms with van der Waals surface area (Å²) >= 11 is 1.71. The Morgan fingerprint density at radius 3 is 2.70 bits per heavy atom. The zero-order valence-corrected chi connectivity index (χ0v) is 14.0. The largest absolute Gasteiger partial charge is 0.506 e. The predicted octanol–water partition coefficient (Wildman–Crippen LogP) is 4.34. The number of aromatic hydroxyl groups is 1. The van der Waals surface area contributed by atoms with E-state index in [-0.39, 0.29) is 5.75 Å². The molecule has 0 atom stereocenters. The average molecular weight is 329 g/mol. The number of guanidine groups is 1. The lowest BCUT2D eigenvalue weighted by Gasteiger charge is -2.25. The van der Waals surface area contributed by atoms with Gasteiger partial charge in [0.25, 0.3) is 0 Å². The lowest BCUT2D eigenvalue weighted by atomic mass is 9.96. The smallest absolute Gasteiger partial charge is 0.196 e. The third kappa shape index (κ3) is 4.73. The van der Waals surface area contributed by atoms with Crippen molar-refractivity contribution in [3.05, 3.63) is 46.7 Å². The van der Waals surface area contributed by atoms with Crippen molar-refractivity contribution in [3.8, 4) is 5.75 Å². The van der Waals surface area contributed by atoms with Crippen molar-refractivity contribution in [2.24, 2.45) is 4.99 Å². The number of aliphatic imine (C=N–C) groups is 1. The van der Waals surface area contributed by atoms with E-state index in [9.17, 15) is 5.11 Å². The average Bonchev–Trinajstić information content (AvgIpc) is 3.09. The molecule has 0 unspecified atom stereocenters. The number of hydrogen-bond acceptors (Lipinski definition) is 3. The van der Waals surface area contributed by atoms with Gasteiger partial charge >= 0.3 is 0 Å². The third-order valence-electron chi connectivity index (χ3n) is 4.08. The topological polar surface area (TPSA) is 56.6 Å². The second-order valence-corrected chi connectivity index (χ2v) is 6.90. The van der Waals surface area contributed by atoms with Crippen LogP contribution in [0.5, 0.6) is 5.75 Å². The molecule has 0 aliphatic heterocycles. The summed E-state index contributed by atoms with van der Waals surface area (Å²) in [5.41, 5.74) is 0.681. The molecule has 0 radical (unpaired) electrons. The van der Waals surface area contributed by atoms with Crippen molar-refractivity contribution in [1.82, 2.24) is 5.32 Å². The zero-order chi connectivity index (χ0) is 15.9. The fraction of sp³-hybridized carbons (Fsp3) is 0.389. The molecule has 1 aliphatic carbocycles. The Hall–Kier alpha value is -2.01. The highest BCUT2D eigenvalue weighted by molar-refractivity contribution is 7.09. The summed E-state index contributed by atoms with van der Waals surface area (Å²) in [4.78, 5) is 5.92. The van der Waals surface area contributed by atoms with Gasteiger partial charge in [0.2, 0.25) is 0 Å². The number of nitrogens with zero attached hydrogens (tertiary/aromatic N) is 1. The van der Waals surface area contributed by atoms with Crippen molar-refractivity contribution in [3.63, 3.8) is 0 Å². The van der Waals surface area contributed by atoms with E-state index in [1.54, 1.807) is 17.4 Å². The zero-order valence-electron chi connectivity index (χ0n) is 13.2. The number of para-hydroxylation sites is 2. The minimum absolute atomic E-state index is 0.238. The molecule has 1 aromatic carbocycles.